The molecule has 3 aromatic carbocycles. The summed E-state index contributed by atoms with van der Waals surface area (Å²) in [4.78, 5) is 12.7. The van der Waals surface area contributed by atoms with Crippen LogP contribution in [-0.4, -0.2) is 20.9 Å². The van der Waals surface area contributed by atoms with Crippen LogP contribution in [0.25, 0.3) is 0 Å². The molecule has 1 aliphatic heterocycles. The summed E-state index contributed by atoms with van der Waals surface area (Å²) in [5.41, 5.74) is 4.56. The zero-order chi connectivity index (χ0) is 21.5. The van der Waals surface area contributed by atoms with Gasteiger partial charge in [-0.05, 0) is 73.4 Å². The number of hydrogen-bond donors (Lipinski definition) is 1. The van der Waals surface area contributed by atoms with E-state index in [1.807, 2.05) is 50.2 Å². The first-order chi connectivity index (χ1) is 14.3. The van der Waals surface area contributed by atoms with Crippen molar-refractivity contribution in [1.29, 1.82) is 0 Å². The van der Waals surface area contributed by atoms with Crippen LogP contribution >= 0.6 is 11.6 Å². The predicted molar refractivity (Wildman–Crippen MR) is 120 cm³/mol. The summed E-state index contributed by atoms with van der Waals surface area (Å²) in [5, 5.41) is 2.92. The highest BCUT2D eigenvalue weighted by Crippen LogP contribution is 2.35. The fourth-order valence-corrected chi connectivity index (χ4v) is 5.78. The van der Waals surface area contributed by atoms with Crippen LogP contribution in [-0.2, 0) is 16.4 Å². The first kappa shape index (κ1) is 20.4. The van der Waals surface area contributed by atoms with Gasteiger partial charge in [0.25, 0.3) is 15.9 Å². The minimum Gasteiger partial charge on any atom is -0.322 e. The molecule has 4 rings (SSSR count). The second kappa shape index (κ2) is 7.78. The van der Waals surface area contributed by atoms with Gasteiger partial charge in [-0.15, -0.1) is 0 Å². The van der Waals surface area contributed by atoms with Gasteiger partial charge < -0.3 is 5.32 Å². The second-order valence-corrected chi connectivity index (χ2v) is 9.67. The van der Waals surface area contributed by atoms with Gasteiger partial charge in [-0.25, -0.2) is 8.42 Å². The number of rotatable bonds is 4. The van der Waals surface area contributed by atoms with Crippen molar-refractivity contribution in [2.24, 2.45) is 0 Å². The number of anilines is 2. The van der Waals surface area contributed by atoms with Crippen LogP contribution < -0.4 is 9.62 Å². The number of carbonyl (C=O) groups is 1. The summed E-state index contributed by atoms with van der Waals surface area (Å²) in [6.45, 7) is 4.24. The van der Waals surface area contributed by atoms with Crippen molar-refractivity contribution in [3.8, 4) is 0 Å². The molecule has 0 aliphatic carbocycles. The van der Waals surface area contributed by atoms with Crippen LogP contribution in [0.1, 0.15) is 27.0 Å². The van der Waals surface area contributed by atoms with Crippen LogP contribution in [0.15, 0.2) is 65.6 Å². The third-order valence-corrected chi connectivity index (χ3v) is 7.38. The minimum absolute atomic E-state index is 0.0751. The van der Waals surface area contributed by atoms with E-state index in [0.29, 0.717) is 24.3 Å². The molecule has 0 aromatic heterocycles. The molecule has 7 heteroatoms. The summed E-state index contributed by atoms with van der Waals surface area (Å²) < 4.78 is 28.1. The predicted octanol–water partition coefficient (Wildman–Crippen LogP) is 4.96. The van der Waals surface area contributed by atoms with Gasteiger partial charge in [0.1, 0.15) is 4.90 Å². The first-order valence-corrected chi connectivity index (χ1v) is 11.4. The monoisotopic (exact) mass is 440 g/mol. The number of nitrogens with zero attached hydrogens (tertiary/aromatic N) is 1. The van der Waals surface area contributed by atoms with Crippen molar-refractivity contribution in [3.05, 3.63) is 87.9 Å². The Morgan fingerprint density at radius 1 is 1.00 bits per heavy atom. The quantitative estimate of drug-likeness (QED) is 0.623. The summed E-state index contributed by atoms with van der Waals surface area (Å²) in [7, 11) is -3.90. The number of halogens is 1. The van der Waals surface area contributed by atoms with E-state index in [1.165, 1.54) is 22.5 Å². The van der Waals surface area contributed by atoms with Crippen LogP contribution in [0.2, 0.25) is 5.02 Å². The highest BCUT2D eigenvalue weighted by Gasteiger charge is 2.32. The van der Waals surface area contributed by atoms with Gasteiger partial charge in [-0.3, -0.25) is 9.10 Å². The van der Waals surface area contributed by atoms with E-state index in [0.717, 1.165) is 16.7 Å². The van der Waals surface area contributed by atoms with E-state index < -0.39 is 15.9 Å². The summed E-state index contributed by atoms with van der Waals surface area (Å²) in [6, 6.07) is 17.4. The summed E-state index contributed by atoms with van der Waals surface area (Å²) in [5.74, 6) is -0.394. The third kappa shape index (κ3) is 3.80. The summed E-state index contributed by atoms with van der Waals surface area (Å²) >= 11 is 6.26. The second-order valence-electron chi connectivity index (χ2n) is 7.43. The molecule has 3 aromatic rings. The van der Waals surface area contributed by atoms with Gasteiger partial charge in [0.05, 0.1) is 10.7 Å². The van der Waals surface area contributed by atoms with Crippen molar-refractivity contribution in [1.82, 2.24) is 0 Å². The average molecular weight is 441 g/mol. The molecule has 0 saturated heterocycles. The molecular formula is C23H21ClN2O3S. The number of carbonyl (C=O) groups excluding carboxylic acids is 1. The largest absolute Gasteiger partial charge is 0.322 e. The lowest BCUT2D eigenvalue weighted by atomic mass is 10.1. The molecule has 0 atom stereocenters. The van der Waals surface area contributed by atoms with E-state index >= 15 is 0 Å². The molecule has 0 bridgehead atoms. The third-order valence-electron chi connectivity index (χ3n) is 5.09. The maximum atomic E-state index is 13.4. The van der Waals surface area contributed by atoms with E-state index in [1.54, 1.807) is 6.07 Å². The number of hydrogen-bond acceptors (Lipinski definition) is 3. The van der Waals surface area contributed by atoms with Crippen LogP contribution in [0.3, 0.4) is 0 Å². The van der Waals surface area contributed by atoms with Gasteiger partial charge in [0.15, 0.2) is 0 Å². The molecule has 154 valence electrons. The maximum absolute atomic E-state index is 13.4. The number of amides is 1. The van der Waals surface area contributed by atoms with Gasteiger partial charge in [0, 0.05) is 17.8 Å². The molecule has 1 aliphatic rings. The van der Waals surface area contributed by atoms with Gasteiger partial charge in [0.2, 0.25) is 0 Å². The van der Waals surface area contributed by atoms with Crippen LogP contribution in [0.5, 0.6) is 0 Å². The average Bonchev–Trinajstić information content (AvgIpc) is 3.12. The lowest BCUT2D eigenvalue weighted by molar-refractivity contribution is 0.102. The Morgan fingerprint density at radius 3 is 2.43 bits per heavy atom. The van der Waals surface area contributed by atoms with E-state index in [2.05, 4.69) is 5.32 Å². The molecule has 0 unspecified atom stereocenters. The van der Waals surface area contributed by atoms with E-state index in [4.69, 9.17) is 11.6 Å². The molecular weight excluding hydrogens is 420 g/mol. The lowest BCUT2D eigenvalue weighted by Gasteiger charge is -2.20. The van der Waals surface area contributed by atoms with Crippen LogP contribution in [0.4, 0.5) is 11.4 Å². The fraction of sp³-hybridized carbons (Fsp3) is 0.174. The lowest BCUT2D eigenvalue weighted by Crippen LogP contribution is -2.29. The van der Waals surface area contributed by atoms with Crippen LogP contribution in [0, 0.1) is 13.8 Å². The molecule has 0 fully saturated rings. The molecule has 0 saturated carbocycles. The minimum atomic E-state index is -3.90. The Hall–Kier alpha value is -2.83. The number of aryl methyl sites for hydroxylation is 2. The number of sulfonamides is 1. The number of para-hydroxylation sites is 1. The summed E-state index contributed by atoms with van der Waals surface area (Å²) in [6.07, 6.45) is 0.639. The number of benzene rings is 3. The standard InChI is InChI=1S/C23H21ClN2O3S/c1-15-11-16(2)13-19(12-15)25-23(27)18-7-8-20(24)22(14-18)30(28,29)26-10-9-17-5-3-4-6-21(17)26/h3-8,11-14H,9-10H2,1-2H3,(H,25,27). The Morgan fingerprint density at radius 2 is 1.70 bits per heavy atom. The van der Waals surface area contributed by atoms with Crippen molar-refractivity contribution < 1.29 is 13.2 Å². The van der Waals surface area contributed by atoms with Crippen molar-refractivity contribution in [3.63, 3.8) is 0 Å². The molecule has 1 N–H and O–H groups in total. The maximum Gasteiger partial charge on any atom is 0.265 e. The molecule has 1 amide bonds. The Kier molecular flexibility index (Phi) is 5.30. The number of nitrogens with one attached hydrogen (secondary N) is 1. The van der Waals surface area contributed by atoms with E-state index in [-0.39, 0.29) is 15.5 Å². The molecule has 1 heterocycles. The first-order valence-electron chi connectivity index (χ1n) is 9.55. The molecule has 5 nitrogen and oxygen atoms in total. The van der Waals surface area contributed by atoms with Gasteiger partial charge in [-0.2, -0.15) is 0 Å². The fourth-order valence-electron chi connectivity index (χ4n) is 3.77. The SMILES string of the molecule is Cc1cc(C)cc(NC(=O)c2ccc(Cl)c(S(=O)(=O)N3CCc4ccccc43)c2)c1. The van der Waals surface area contributed by atoms with Crippen molar-refractivity contribution in [2.45, 2.75) is 25.2 Å². The molecule has 30 heavy (non-hydrogen) atoms. The highest BCUT2D eigenvalue weighted by atomic mass is 35.5. The van der Waals surface area contributed by atoms with Crippen molar-refractivity contribution in [2.75, 3.05) is 16.2 Å². The molecule has 0 radical (unpaired) electrons. The highest BCUT2D eigenvalue weighted by molar-refractivity contribution is 7.93. The normalized spacial score (nSPS) is 13.2. The smallest absolute Gasteiger partial charge is 0.265 e. The number of fused-ring (bicyclic) bond motifs is 1. The zero-order valence-electron chi connectivity index (χ0n) is 16.6. The zero-order valence-corrected chi connectivity index (χ0v) is 18.2. The van der Waals surface area contributed by atoms with Crippen molar-refractivity contribution >= 4 is 38.9 Å². The topological polar surface area (TPSA) is 66.5 Å². The van der Waals surface area contributed by atoms with Gasteiger partial charge in [-0.1, -0.05) is 35.9 Å². The molecule has 0 spiro atoms. The van der Waals surface area contributed by atoms with E-state index in [9.17, 15) is 13.2 Å². The Balaban J connectivity index is 1.67. The Labute approximate surface area is 181 Å². The Bertz CT molecular complexity index is 1230. The van der Waals surface area contributed by atoms with Gasteiger partial charge >= 0.3 is 0 Å².